The normalized spacial score (nSPS) is 12.0. The third kappa shape index (κ3) is 7.21. The van der Waals surface area contributed by atoms with Crippen molar-refractivity contribution < 1.29 is 19.3 Å². The molecule has 0 fully saturated rings. The highest BCUT2D eigenvalue weighted by molar-refractivity contribution is 5.92. The molecule has 2 N–H and O–H groups in total. The molecule has 27 heavy (non-hydrogen) atoms. The smallest absolute Gasteiger partial charge is 0.376 e. The van der Waals surface area contributed by atoms with Gasteiger partial charge in [0.25, 0.3) is 0 Å². The highest BCUT2D eigenvalue weighted by Gasteiger charge is 2.19. The van der Waals surface area contributed by atoms with Crippen LogP contribution in [0.4, 0.5) is 0 Å². The zero-order valence-electron chi connectivity index (χ0n) is 16.2. The Labute approximate surface area is 167 Å². The number of hydrogen-bond acceptors (Lipinski definition) is 5. The Morgan fingerprint density at radius 2 is 1.81 bits per heavy atom. The molecular formula is C21H28ClNO4. The van der Waals surface area contributed by atoms with E-state index >= 15 is 0 Å². The molecule has 0 amide bonds. The number of benzene rings is 2. The maximum Gasteiger partial charge on any atom is 0.376 e. The third-order valence-electron chi connectivity index (χ3n) is 3.69. The second-order valence-corrected chi connectivity index (χ2v) is 7.11. The van der Waals surface area contributed by atoms with E-state index in [0.29, 0.717) is 17.9 Å². The molecule has 5 nitrogen and oxygen atoms in total. The van der Waals surface area contributed by atoms with Gasteiger partial charge in [0.05, 0.1) is 0 Å². The van der Waals surface area contributed by atoms with E-state index in [2.05, 4.69) is 6.92 Å². The lowest BCUT2D eigenvalue weighted by atomic mass is 10.0. The molecule has 0 spiro atoms. The van der Waals surface area contributed by atoms with Gasteiger partial charge in [-0.25, -0.2) is 4.79 Å². The van der Waals surface area contributed by atoms with Crippen LogP contribution >= 0.6 is 12.4 Å². The van der Waals surface area contributed by atoms with Gasteiger partial charge < -0.3 is 10.5 Å². The molecule has 1 unspecified atom stereocenters. The van der Waals surface area contributed by atoms with Crippen molar-refractivity contribution in [2.75, 3.05) is 0 Å². The fourth-order valence-corrected chi connectivity index (χ4v) is 2.28. The predicted octanol–water partition coefficient (Wildman–Crippen LogP) is 4.98. The summed E-state index contributed by atoms with van der Waals surface area (Å²) < 4.78 is 5.85. The SMILES string of the molecule is CCC(N)c1cccc(COc2ccccc2C(=O)OOC(C)(C)C)c1.Cl. The number of halogens is 1. The molecule has 0 heterocycles. The van der Waals surface area contributed by atoms with Crippen molar-refractivity contribution in [1.29, 1.82) is 0 Å². The molecular weight excluding hydrogens is 366 g/mol. The molecule has 0 aliphatic rings. The molecule has 0 bridgehead atoms. The van der Waals surface area contributed by atoms with Crippen molar-refractivity contribution in [2.24, 2.45) is 5.73 Å². The zero-order valence-corrected chi connectivity index (χ0v) is 17.0. The second kappa shape index (κ2) is 10.3. The summed E-state index contributed by atoms with van der Waals surface area (Å²) in [5, 5.41) is 0. The molecule has 0 aliphatic heterocycles. The van der Waals surface area contributed by atoms with Crippen molar-refractivity contribution in [2.45, 2.75) is 52.4 Å². The Kier molecular flexibility index (Phi) is 8.76. The highest BCUT2D eigenvalue weighted by atomic mass is 35.5. The fourth-order valence-electron chi connectivity index (χ4n) is 2.28. The largest absolute Gasteiger partial charge is 0.488 e. The van der Waals surface area contributed by atoms with E-state index < -0.39 is 11.6 Å². The van der Waals surface area contributed by atoms with Crippen LogP contribution < -0.4 is 10.5 Å². The van der Waals surface area contributed by atoms with Crippen LogP contribution in [0, 0.1) is 0 Å². The van der Waals surface area contributed by atoms with Crippen LogP contribution in [0.15, 0.2) is 48.5 Å². The number of carbonyl (C=O) groups excluding carboxylic acids is 1. The Morgan fingerprint density at radius 3 is 2.48 bits per heavy atom. The maximum atomic E-state index is 12.3. The van der Waals surface area contributed by atoms with E-state index in [1.807, 2.05) is 24.3 Å². The van der Waals surface area contributed by atoms with Crippen LogP contribution in [0.3, 0.4) is 0 Å². The lowest BCUT2D eigenvalue weighted by Crippen LogP contribution is -2.22. The van der Waals surface area contributed by atoms with E-state index in [9.17, 15) is 4.79 Å². The quantitative estimate of drug-likeness (QED) is 0.530. The van der Waals surface area contributed by atoms with E-state index in [4.69, 9.17) is 20.2 Å². The molecule has 0 saturated carbocycles. The highest BCUT2D eigenvalue weighted by Crippen LogP contribution is 2.22. The predicted molar refractivity (Wildman–Crippen MR) is 108 cm³/mol. The first-order valence-electron chi connectivity index (χ1n) is 8.76. The van der Waals surface area contributed by atoms with E-state index in [1.54, 1.807) is 45.0 Å². The summed E-state index contributed by atoms with van der Waals surface area (Å²) in [7, 11) is 0. The summed E-state index contributed by atoms with van der Waals surface area (Å²) in [6.45, 7) is 7.79. The van der Waals surface area contributed by atoms with E-state index in [1.165, 1.54) is 0 Å². The number of ether oxygens (including phenoxy) is 1. The molecule has 0 saturated heterocycles. The van der Waals surface area contributed by atoms with Gasteiger partial charge in [0.15, 0.2) is 0 Å². The first kappa shape index (κ1) is 23.0. The topological polar surface area (TPSA) is 70.8 Å². The van der Waals surface area contributed by atoms with Crippen LogP contribution in [0.2, 0.25) is 0 Å². The summed E-state index contributed by atoms with van der Waals surface area (Å²) in [6.07, 6.45) is 0.868. The average molecular weight is 394 g/mol. The minimum atomic E-state index is -0.586. The lowest BCUT2D eigenvalue weighted by molar-refractivity contribution is -0.301. The molecule has 148 valence electrons. The summed E-state index contributed by atoms with van der Waals surface area (Å²) in [6, 6.07) is 14.9. The van der Waals surface area contributed by atoms with Gasteiger partial charge in [0, 0.05) is 6.04 Å². The minimum absolute atomic E-state index is 0. The molecule has 0 aliphatic carbocycles. The summed E-state index contributed by atoms with van der Waals surface area (Å²) >= 11 is 0. The summed E-state index contributed by atoms with van der Waals surface area (Å²) in [5.74, 6) is -0.141. The fraction of sp³-hybridized carbons (Fsp3) is 0.381. The number of nitrogens with two attached hydrogens (primary N) is 1. The Bertz CT molecular complexity index is 743. The molecule has 0 aromatic heterocycles. The Balaban J connectivity index is 0.00000364. The van der Waals surface area contributed by atoms with Crippen LogP contribution in [0.25, 0.3) is 0 Å². The summed E-state index contributed by atoms with van der Waals surface area (Å²) in [4.78, 5) is 22.3. The van der Waals surface area contributed by atoms with Gasteiger partial charge >= 0.3 is 5.97 Å². The van der Waals surface area contributed by atoms with Crippen LogP contribution in [-0.2, 0) is 16.4 Å². The van der Waals surface area contributed by atoms with Gasteiger partial charge in [0.1, 0.15) is 23.5 Å². The molecule has 0 radical (unpaired) electrons. The van der Waals surface area contributed by atoms with Crippen molar-refractivity contribution in [3.8, 4) is 5.75 Å². The third-order valence-corrected chi connectivity index (χ3v) is 3.69. The second-order valence-electron chi connectivity index (χ2n) is 7.11. The van der Waals surface area contributed by atoms with Crippen molar-refractivity contribution in [1.82, 2.24) is 0 Å². The zero-order chi connectivity index (χ0) is 19.2. The van der Waals surface area contributed by atoms with Gasteiger partial charge in [-0.15, -0.1) is 12.4 Å². The number of carbonyl (C=O) groups is 1. The summed E-state index contributed by atoms with van der Waals surface area (Å²) in [5.41, 5.74) is 7.88. The molecule has 6 heteroatoms. The standard InChI is InChI=1S/C21H27NO4.ClH/c1-5-18(22)16-10-8-9-15(13-16)14-24-19-12-7-6-11-17(19)20(23)25-26-21(2,3)4;/h6-13,18H,5,14,22H2,1-4H3;1H. The van der Waals surface area contributed by atoms with Crippen molar-refractivity contribution in [3.05, 3.63) is 65.2 Å². The average Bonchev–Trinajstić information content (AvgIpc) is 2.63. The molecule has 1 atom stereocenters. The van der Waals surface area contributed by atoms with Crippen molar-refractivity contribution >= 4 is 18.4 Å². The van der Waals surface area contributed by atoms with Gasteiger partial charge in [-0.05, 0) is 50.5 Å². The van der Waals surface area contributed by atoms with Gasteiger partial charge in [-0.3, -0.25) is 4.89 Å². The van der Waals surface area contributed by atoms with Gasteiger partial charge in [0.2, 0.25) is 0 Å². The number of para-hydroxylation sites is 1. The van der Waals surface area contributed by atoms with E-state index in [-0.39, 0.29) is 18.4 Å². The van der Waals surface area contributed by atoms with Crippen LogP contribution in [0.5, 0.6) is 5.75 Å². The first-order chi connectivity index (χ1) is 12.3. The maximum absolute atomic E-state index is 12.3. The van der Waals surface area contributed by atoms with Gasteiger partial charge in [-0.1, -0.05) is 43.3 Å². The molecule has 2 rings (SSSR count). The lowest BCUT2D eigenvalue weighted by Gasteiger charge is -2.17. The minimum Gasteiger partial charge on any atom is -0.488 e. The Morgan fingerprint density at radius 1 is 1.11 bits per heavy atom. The van der Waals surface area contributed by atoms with Crippen LogP contribution in [-0.4, -0.2) is 11.6 Å². The monoisotopic (exact) mass is 393 g/mol. The van der Waals surface area contributed by atoms with Crippen LogP contribution in [0.1, 0.15) is 61.6 Å². The molecule has 2 aromatic rings. The van der Waals surface area contributed by atoms with Gasteiger partial charge in [-0.2, -0.15) is 4.89 Å². The van der Waals surface area contributed by atoms with E-state index in [0.717, 1.165) is 17.5 Å². The first-order valence-corrected chi connectivity index (χ1v) is 8.76. The number of rotatable bonds is 7. The number of hydrogen-bond donors (Lipinski definition) is 1. The Hall–Kier alpha value is -2.08. The van der Waals surface area contributed by atoms with Crippen molar-refractivity contribution in [3.63, 3.8) is 0 Å². The molecule has 2 aromatic carbocycles.